The number of anilines is 1. The summed E-state index contributed by atoms with van der Waals surface area (Å²) in [5, 5.41) is 6.31. The molecule has 0 heterocycles. The molecule has 3 atom stereocenters. The molecular formula is C32H44ClN3O4. The van der Waals surface area contributed by atoms with E-state index in [9.17, 15) is 14.4 Å². The summed E-state index contributed by atoms with van der Waals surface area (Å²) in [4.78, 5) is 43.4. The smallest absolute Gasteiger partial charge is 0.408 e. The maximum Gasteiger partial charge on any atom is 0.408 e. The third-order valence-corrected chi connectivity index (χ3v) is 8.13. The van der Waals surface area contributed by atoms with Gasteiger partial charge in [0.1, 0.15) is 17.7 Å². The zero-order valence-electron chi connectivity index (χ0n) is 25.1. The molecule has 1 aliphatic carbocycles. The van der Waals surface area contributed by atoms with E-state index in [1.54, 1.807) is 31.7 Å². The van der Waals surface area contributed by atoms with E-state index in [4.69, 9.17) is 16.3 Å². The number of nitrogens with zero attached hydrogens (tertiary/aromatic N) is 1. The molecule has 1 fully saturated rings. The minimum atomic E-state index is -0.916. The summed E-state index contributed by atoms with van der Waals surface area (Å²) >= 11 is 6.49. The lowest BCUT2D eigenvalue weighted by Gasteiger charge is -2.44. The standard InChI is InChI=1S/C32H44ClN3O4/c1-9-19(2)27(35-31(39)40-32(6,7)8)30(38)36(23-15-12-16-23)28(24-17-10-13-20(3)22(24)5)29(37)34-26-21(4)14-11-18-25(26)33/h10-11,13-14,17-19,23,27-28H,9,12,15-16H2,1-8H3,(H,34,37)(H,35,39). The third-order valence-electron chi connectivity index (χ3n) is 7.81. The Balaban J connectivity index is 2.12. The summed E-state index contributed by atoms with van der Waals surface area (Å²) < 4.78 is 5.51. The number of amides is 3. The van der Waals surface area contributed by atoms with Gasteiger partial charge in [-0.3, -0.25) is 9.59 Å². The van der Waals surface area contributed by atoms with Crippen molar-refractivity contribution in [2.75, 3.05) is 5.32 Å². The van der Waals surface area contributed by atoms with Crippen molar-refractivity contribution in [3.63, 3.8) is 0 Å². The van der Waals surface area contributed by atoms with Crippen LogP contribution in [0.1, 0.15) is 88.6 Å². The largest absolute Gasteiger partial charge is 0.444 e. The summed E-state index contributed by atoms with van der Waals surface area (Å²) in [7, 11) is 0. The predicted molar refractivity (Wildman–Crippen MR) is 161 cm³/mol. The number of benzene rings is 2. The van der Waals surface area contributed by atoms with E-state index in [1.165, 1.54) is 0 Å². The highest BCUT2D eigenvalue weighted by molar-refractivity contribution is 6.34. The number of hydrogen-bond acceptors (Lipinski definition) is 4. The molecule has 3 rings (SSSR count). The number of ether oxygens (including phenoxy) is 1. The SMILES string of the molecule is CCC(C)C(NC(=O)OC(C)(C)C)C(=O)N(C1CCC1)C(C(=O)Nc1c(C)cccc1Cl)c1cccc(C)c1C. The molecule has 7 nitrogen and oxygen atoms in total. The van der Waals surface area contributed by atoms with Crippen LogP contribution in [0.4, 0.5) is 10.5 Å². The van der Waals surface area contributed by atoms with Crippen LogP contribution in [0.2, 0.25) is 5.02 Å². The molecule has 8 heteroatoms. The summed E-state index contributed by atoms with van der Waals surface area (Å²) in [6.07, 6.45) is 2.53. The molecule has 40 heavy (non-hydrogen) atoms. The van der Waals surface area contributed by atoms with Crippen molar-refractivity contribution < 1.29 is 19.1 Å². The second-order valence-corrected chi connectivity index (χ2v) is 12.4. The molecule has 2 aromatic rings. The Kier molecular flexibility index (Phi) is 10.3. The van der Waals surface area contributed by atoms with Crippen LogP contribution in [0, 0.1) is 26.7 Å². The van der Waals surface area contributed by atoms with Crippen molar-refractivity contribution in [1.29, 1.82) is 0 Å². The van der Waals surface area contributed by atoms with Crippen molar-refractivity contribution in [3.8, 4) is 0 Å². The van der Waals surface area contributed by atoms with Crippen molar-refractivity contribution in [2.24, 2.45) is 5.92 Å². The highest BCUT2D eigenvalue weighted by atomic mass is 35.5. The van der Waals surface area contributed by atoms with E-state index in [2.05, 4.69) is 10.6 Å². The number of hydrogen-bond donors (Lipinski definition) is 2. The minimum Gasteiger partial charge on any atom is -0.444 e. The molecule has 1 aliphatic rings. The van der Waals surface area contributed by atoms with Crippen molar-refractivity contribution >= 4 is 35.2 Å². The fraction of sp³-hybridized carbons (Fsp3) is 0.531. The lowest BCUT2D eigenvalue weighted by molar-refractivity contribution is -0.147. The fourth-order valence-electron chi connectivity index (χ4n) is 4.93. The molecule has 218 valence electrons. The second kappa shape index (κ2) is 13.1. The summed E-state index contributed by atoms with van der Waals surface area (Å²) in [6.45, 7) is 15.1. The molecule has 0 saturated heterocycles. The van der Waals surface area contributed by atoms with Crippen LogP contribution in [-0.4, -0.2) is 40.5 Å². The lowest BCUT2D eigenvalue weighted by atomic mass is 9.85. The van der Waals surface area contributed by atoms with Gasteiger partial charge in [-0.1, -0.05) is 62.2 Å². The first kappa shape index (κ1) is 31.5. The molecule has 1 saturated carbocycles. The van der Waals surface area contributed by atoms with Crippen molar-refractivity contribution in [2.45, 2.75) is 105 Å². The number of alkyl carbamates (subject to hydrolysis) is 1. The lowest BCUT2D eigenvalue weighted by Crippen LogP contribution is -2.58. The molecule has 2 N–H and O–H groups in total. The average molecular weight is 570 g/mol. The third kappa shape index (κ3) is 7.36. The Morgan fingerprint density at radius 3 is 2.23 bits per heavy atom. The second-order valence-electron chi connectivity index (χ2n) is 12.0. The van der Waals surface area contributed by atoms with Crippen LogP contribution in [0.25, 0.3) is 0 Å². The van der Waals surface area contributed by atoms with Gasteiger partial charge in [-0.2, -0.15) is 0 Å². The summed E-state index contributed by atoms with van der Waals surface area (Å²) in [5.74, 6) is -0.817. The van der Waals surface area contributed by atoms with E-state index in [1.807, 2.05) is 65.0 Å². The van der Waals surface area contributed by atoms with Crippen LogP contribution < -0.4 is 10.6 Å². The molecular weight excluding hydrogens is 526 g/mol. The first-order chi connectivity index (χ1) is 18.7. The van der Waals surface area contributed by atoms with Crippen molar-refractivity contribution in [1.82, 2.24) is 10.2 Å². The van der Waals surface area contributed by atoms with Crippen LogP contribution >= 0.6 is 11.6 Å². The molecule has 0 radical (unpaired) electrons. The van der Waals surface area contributed by atoms with Gasteiger partial charge in [0, 0.05) is 6.04 Å². The van der Waals surface area contributed by atoms with Gasteiger partial charge in [0.15, 0.2) is 0 Å². The molecule has 2 aromatic carbocycles. The Bertz CT molecular complexity index is 1210. The Labute approximate surface area is 244 Å². The number of nitrogens with one attached hydrogen (secondary N) is 2. The normalized spacial score (nSPS) is 15.8. The van der Waals surface area contributed by atoms with Gasteiger partial charge >= 0.3 is 6.09 Å². The zero-order valence-corrected chi connectivity index (χ0v) is 25.8. The van der Waals surface area contributed by atoms with E-state index in [-0.39, 0.29) is 23.8 Å². The van der Waals surface area contributed by atoms with Gasteiger partial charge in [0.2, 0.25) is 5.91 Å². The number of carbonyl (C=O) groups excluding carboxylic acids is 3. The number of carbonyl (C=O) groups is 3. The molecule has 3 amide bonds. The van der Waals surface area contributed by atoms with Gasteiger partial charge in [-0.05, 0) is 95.0 Å². The molecule has 0 bridgehead atoms. The Hall–Kier alpha value is -3.06. The number of halogens is 1. The minimum absolute atomic E-state index is 0.137. The zero-order chi connectivity index (χ0) is 29.8. The van der Waals surface area contributed by atoms with E-state index >= 15 is 0 Å². The number of rotatable bonds is 9. The highest BCUT2D eigenvalue weighted by Crippen LogP contribution is 2.37. The van der Waals surface area contributed by atoms with Crippen LogP contribution in [0.15, 0.2) is 36.4 Å². The summed E-state index contributed by atoms with van der Waals surface area (Å²) in [5.41, 5.74) is 3.35. The topological polar surface area (TPSA) is 87.7 Å². The predicted octanol–water partition coefficient (Wildman–Crippen LogP) is 7.27. The Morgan fingerprint density at radius 1 is 1.05 bits per heavy atom. The van der Waals surface area contributed by atoms with Gasteiger partial charge in [-0.15, -0.1) is 0 Å². The summed E-state index contributed by atoms with van der Waals surface area (Å²) in [6, 6.07) is 9.35. The highest BCUT2D eigenvalue weighted by Gasteiger charge is 2.43. The number of aryl methyl sites for hydroxylation is 2. The molecule has 0 spiro atoms. The van der Waals surface area contributed by atoms with Crippen LogP contribution in [-0.2, 0) is 14.3 Å². The van der Waals surface area contributed by atoms with Gasteiger partial charge in [-0.25, -0.2) is 4.79 Å². The van der Waals surface area contributed by atoms with E-state index in [0.717, 1.165) is 41.5 Å². The Morgan fingerprint density at radius 2 is 1.68 bits per heavy atom. The number of para-hydroxylation sites is 1. The molecule has 0 aliphatic heterocycles. The average Bonchev–Trinajstić information content (AvgIpc) is 2.84. The molecule has 3 unspecified atom stereocenters. The van der Waals surface area contributed by atoms with Crippen molar-refractivity contribution in [3.05, 3.63) is 63.7 Å². The molecule has 0 aromatic heterocycles. The van der Waals surface area contributed by atoms with Gasteiger partial charge in [0.05, 0.1) is 10.7 Å². The fourth-order valence-corrected chi connectivity index (χ4v) is 5.20. The van der Waals surface area contributed by atoms with E-state index in [0.29, 0.717) is 17.1 Å². The van der Waals surface area contributed by atoms with Gasteiger partial charge in [0.25, 0.3) is 5.91 Å². The first-order valence-electron chi connectivity index (χ1n) is 14.2. The quantitative estimate of drug-likeness (QED) is 0.332. The van der Waals surface area contributed by atoms with Crippen LogP contribution in [0.3, 0.4) is 0 Å². The van der Waals surface area contributed by atoms with Gasteiger partial charge < -0.3 is 20.3 Å². The maximum absolute atomic E-state index is 14.5. The van der Waals surface area contributed by atoms with E-state index < -0.39 is 23.8 Å². The maximum atomic E-state index is 14.5. The van der Waals surface area contributed by atoms with Crippen LogP contribution in [0.5, 0.6) is 0 Å². The first-order valence-corrected chi connectivity index (χ1v) is 14.6. The monoisotopic (exact) mass is 569 g/mol.